The molecule has 0 bridgehead atoms. The number of ether oxygens (including phenoxy) is 3. The number of hydrogen-bond donors (Lipinski definition) is 0. The Bertz CT molecular complexity index is 1480. The molecule has 6 rings (SSSR count). The molecule has 2 heterocycles. The van der Waals surface area contributed by atoms with Crippen LogP contribution in [0.5, 0.6) is 0 Å². The smallest absolute Gasteiger partial charge is 0.355 e. The van der Waals surface area contributed by atoms with E-state index in [2.05, 4.69) is 0 Å². The molecule has 3 aromatic rings. The summed E-state index contributed by atoms with van der Waals surface area (Å²) in [6.07, 6.45) is 2.62. The van der Waals surface area contributed by atoms with E-state index in [1.165, 1.54) is 19.1 Å². The van der Waals surface area contributed by atoms with Crippen LogP contribution in [0.15, 0.2) is 78.1 Å². The Morgan fingerprint density at radius 1 is 0.941 bits per heavy atom. The van der Waals surface area contributed by atoms with E-state index in [0.29, 0.717) is 16.5 Å². The molecule has 0 amide bonds. The average Bonchev–Trinajstić information content (AvgIpc) is 3.12. The van der Waals surface area contributed by atoms with Gasteiger partial charge in [-0.15, -0.1) is 0 Å². The molecule has 0 saturated heterocycles. The van der Waals surface area contributed by atoms with Gasteiger partial charge in [-0.1, -0.05) is 60.7 Å². The van der Waals surface area contributed by atoms with Gasteiger partial charge in [0.15, 0.2) is 11.8 Å². The Hall–Kier alpha value is -4.23. The van der Waals surface area contributed by atoms with E-state index in [1.54, 1.807) is 30.5 Å². The molecule has 0 fully saturated rings. The third-order valence-electron chi connectivity index (χ3n) is 6.68. The first-order valence-corrected chi connectivity index (χ1v) is 10.7. The predicted octanol–water partition coefficient (Wildman–Crippen LogP) is 3.85. The van der Waals surface area contributed by atoms with Gasteiger partial charge in [-0.2, -0.15) is 0 Å². The van der Waals surface area contributed by atoms with Crippen LogP contribution in [0.25, 0.3) is 16.8 Å². The lowest BCUT2D eigenvalue weighted by molar-refractivity contribution is -0.159. The molecule has 3 aliphatic rings. The van der Waals surface area contributed by atoms with Crippen LogP contribution >= 0.6 is 0 Å². The average molecular weight is 453 g/mol. The molecule has 0 saturated carbocycles. The maximum atomic E-state index is 14.2. The maximum Gasteiger partial charge on any atom is 0.355 e. The number of esters is 2. The summed E-state index contributed by atoms with van der Waals surface area (Å²) in [5.74, 6) is -2.04. The number of methoxy groups -OCH3 is 2. The molecular formula is C27H19NO6. The van der Waals surface area contributed by atoms with Gasteiger partial charge in [-0.3, -0.25) is 4.79 Å². The molecule has 0 radical (unpaired) electrons. The summed E-state index contributed by atoms with van der Waals surface area (Å²) in [6, 6.07) is 18.4. The fourth-order valence-electron chi connectivity index (χ4n) is 5.26. The Balaban J connectivity index is 1.75. The highest BCUT2D eigenvalue weighted by Crippen LogP contribution is 2.55. The molecule has 0 aromatic heterocycles. The zero-order valence-electron chi connectivity index (χ0n) is 18.4. The second kappa shape index (κ2) is 7.13. The van der Waals surface area contributed by atoms with Crippen molar-refractivity contribution in [2.45, 2.75) is 11.8 Å². The van der Waals surface area contributed by atoms with E-state index < -0.39 is 29.6 Å². The quantitative estimate of drug-likeness (QED) is 0.545. The van der Waals surface area contributed by atoms with Crippen molar-refractivity contribution in [3.63, 3.8) is 0 Å². The lowest BCUT2D eigenvalue weighted by Gasteiger charge is -2.46. The van der Waals surface area contributed by atoms with E-state index in [0.717, 1.165) is 16.5 Å². The largest absolute Gasteiger partial charge is 0.465 e. The highest BCUT2D eigenvalue weighted by atomic mass is 16.6. The highest BCUT2D eigenvalue weighted by molar-refractivity contribution is 6.24. The van der Waals surface area contributed by atoms with Crippen molar-refractivity contribution < 1.29 is 28.6 Å². The van der Waals surface area contributed by atoms with Crippen LogP contribution in [0.2, 0.25) is 0 Å². The van der Waals surface area contributed by atoms with Crippen LogP contribution in [0.1, 0.15) is 33.3 Å². The summed E-state index contributed by atoms with van der Waals surface area (Å²) in [5.41, 5.74) is 0.395. The lowest BCUT2D eigenvalue weighted by Crippen LogP contribution is -2.52. The van der Waals surface area contributed by atoms with Gasteiger partial charge in [0.05, 0.1) is 14.2 Å². The van der Waals surface area contributed by atoms with E-state index >= 15 is 0 Å². The lowest BCUT2D eigenvalue weighted by atomic mass is 9.81. The van der Waals surface area contributed by atoms with Crippen molar-refractivity contribution in [1.82, 2.24) is 4.90 Å². The van der Waals surface area contributed by atoms with Crippen molar-refractivity contribution >= 4 is 34.6 Å². The number of ketones is 1. The number of Topliss-reactive ketones (excluding diaryl/α,β-unsaturated/α-hetero) is 1. The molecule has 1 unspecified atom stereocenters. The van der Waals surface area contributed by atoms with Crippen molar-refractivity contribution in [3.05, 3.63) is 100 Å². The zero-order chi connectivity index (χ0) is 23.6. The van der Waals surface area contributed by atoms with E-state index in [4.69, 9.17) is 14.2 Å². The summed E-state index contributed by atoms with van der Waals surface area (Å²) in [5, 5.41) is 1.52. The summed E-state index contributed by atoms with van der Waals surface area (Å²) >= 11 is 0. The van der Waals surface area contributed by atoms with Crippen LogP contribution in [0.4, 0.5) is 0 Å². The number of fused-ring (bicyclic) bond motifs is 4. The Labute approximate surface area is 194 Å². The number of hydrogen-bond acceptors (Lipinski definition) is 7. The van der Waals surface area contributed by atoms with Crippen molar-refractivity contribution in [3.8, 4) is 0 Å². The number of carbonyl (C=O) groups excluding carboxylic acids is 3. The van der Waals surface area contributed by atoms with Gasteiger partial charge < -0.3 is 19.1 Å². The normalized spacial score (nSPS) is 22.1. The van der Waals surface area contributed by atoms with Gasteiger partial charge in [0.25, 0.3) is 0 Å². The summed E-state index contributed by atoms with van der Waals surface area (Å²) < 4.78 is 16.9. The molecule has 1 spiro atoms. The summed E-state index contributed by atoms with van der Waals surface area (Å²) in [4.78, 5) is 42.2. The zero-order valence-corrected chi connectivity index (χ0v) is 18.4. The van der Waals surface area contributed by atoms with E-state index in [1.807, 2.05) is 42.5 Å². The molecular weight excluding hydrogens is 434 g/mol. The third kappa shape index (κ3) is 2.42. The fraction of sp³-hybridized carbons (Fsp3) is 0.148. The molecule has 1 aliphatic carbocycles. The maximum absolute atomic E-state index is 14.2. The van der Waals surface area contributed by atoms with Crippen LogP contribution in [0.3, 0.4) is 0 Å². The number of carbonyl (C=O) groups is 3. The number of nitrogens with zero attached hydrogens (tertiary/aromatic N) is 1. The molecule has 34 heavy (non-hydrogen) atoms. The van der Waals surface area contributed by atoms with Crippen molar-refractivity contribution in [2.24, 2.45) is 0 Å². The summed E-state index contributed by atoms with van der Waals surface area (Å²) in [6.45, 7) is 0. The first-order chi connectivity index (χ1) is 16.5. The first kappa shape index (κ1) is 20.4. The molecule has 3 aromatic carbocycles. The van der Waals surface area contributed by atoms with Crippen LogP contribution in [-0.4, -0.2) is 36.8 Å². The monoisotopic (exact) mass is 453 g/mol. The van der Waals surface area contributed by atoms with Gasteiger partial charge in [-0.05, 0) is 22.4 Å². The van der Waals surface area contributed by atoms with Gasteiger partial charge in [0.2, 0.25) is 5.78 Å². The van der Waals surface area contributed by atoms with Gasteiger partial charge in [0, 0.05) is 22.9 Å². The molecule has 7 nitrogen and oxygen atoms in total. The second-order valence-electron chi connectivity index (χ2n) is 8.25. The minimum absolute atomic E-state index is 0.0884. The van der Waals surface area contributed by atoms with Crippen molar-refractivity contribution in [1.29, 1.82) is 0 Å². The second-order valence-corrected chi connectivity index (χ2v) is 8.25. The Morgan fingerprint density at radius 3 is 2.44 bits per heavy atom. The molecule has 2 atom stereocenters. The predicted molar refractivity (Wildman–Crippen MR) is 122 cm³/mol. The molecule has 168 valence electrons. The first-order valence-electron chi connectivity index (χ1n) is 10.7. The van der Waals surface area contributed by atoms with Crippen LogP contribution in [-0.2, 0) is 29.4 Å². The fourth-order valence-corrected chi connectivity index (χ4v) is 5.26. The van der Waals surface area contributed by atoms with Crippen molar-refractivity contribution in [2.75, 3.05) is 14.2 Å². The SMILES string of the molecule is COC(=O)C1=C(C(=O)OC)C2(O[C@@H]3c4ccccc4C=CN13)C(=O)c1cccc3cccc2c13. The minimum atomic E-state index is -1.88. The summed E-state index contributed by atoms with van der Waals surface area (Å²) in [7, 11) is 2.44. The number of rotatable bonds is 2. The van der Waals surface area contributed by atoms with Crippen LogP contribution < -0.4 is 0 Å². The Morgan fingerprint density at radius 2 is 1.68 bits per heavy atom. The minimum Gasteiger partial charge on any atom is -0.465 e. The van der Waals surface area contributed by atoms with Gasteiger partial charge in [-0.25, -0.2) is 9.59 Å². The van der Waals surface area contributed by atoms with E-state index in [9.17, 15) is 14.4 Å². The van der Waals surface area contributed by atoms with Gasteiger partial charge in [0.1, 0.15) is 11.3 Å². The molecule has 7 heteroatoms. The molecule has 0 N–H and O–H groups in total. The van der Waals surface area contributed by atoms with Crippen LogP contribution in [0, 0.1) is 0 Å². The van der Waals surface area contributed by atoms with E-state index in [-0.39, 0.29) is 11.3 Å². The topological polar surface area (TPSA) is 82.1 Å². The highest BCUT2D eigenvalue weighted by Gasteiger charge is 2.61. The van der Waals surface area contributed by atoms with Gasteiger partial charge >= 0.3 is 11.9 Å². The Kier molecular flexibility index (Phi) is 4.28. The third-order valence-corrected chi connectivity index (χ3v) is 6.68. The standard InChI is InChI=1S/C27H19NO6/c1-32-25(30)21-22(26(31)33-2)28-14-13-15-7-3-4-10-17(15)24(28)34-27(21)19-12-6-9-16-8-5-11-18(20(16)19)23(27)29/h3-14,24H,1-2H3/t24-,27?/m1/s1. The molecule has 2 aliphatic heterocycles. The number of benzene rings is 3.